The van der Waals surface area contributed by atoms with Crippen molar-refractivity contribution < 1.29 is 0 Å². The summed E-state index contributed by atoms with van der Waals surface area (Å²) in [6.07, 6.45) is 1.06. The summed E-state index contributed by atoms with van der Waals surface area (Å²) >= 11 is 12.0. The van der Waals surface area contributed by atoms with Gasteiger partial charge in [-0.1, -0.05) is 30.1 Å². The van der Waals surface area contributed by atoms with E-state index in [1.807, 2.05) is 24.6 Å². The highest BCUT2D eigenvalue weighted by Crippen LogP contribution is 2.25. The van der Waals surface area contributed by atoms with Crippen LogP contribution in [0.2, 0.25) is 10.2 Å². The molecule has 1 aromatic rings. The zero-order valence-electron chi connectivity index (χ0n) is 11.5. The molecule has 0 aliphatic carbocycles. The number of nitrogens with zero attached hydrogens (tertiary/aromatic N) is 2. The van der Waals surface area contributed by atoms with Crippen LogP contribution in [0.25, 0.3) is 0 Å². The Balaban J connectivity index is 0.00000324. The average molecular weight is 419 g/mol. The summed E-state index contributed by atoms with van der Waals surface area (Å²) in [6.45, 7) is 6.44. The zero-order valence-corrected chi connectivity index (χ0v) is 15.3. The van der Waals surface area contributed by atoms with Crippen molar-refractivity contribution in [2.75, 3.05) is 13.1 Å². The van der Waals surface area contributed by atoms with Gasteiger partial charge in [0.05, 0.1) is 11.6 Å². The van der Waals surface area contributed by atoms with Crippen LogP contribution in [0.5, 0.6) is 0 Å². The van der Waals surface area contributed by atoms with E-state index < -0.39 is 0 Å². The second kappa shape index (κ2) is 9.72. The smallest absolute Gasteiger partial charge is 0.191 e. The Labute approximate surface area is 142 Å². The van der Waals surface area contributed by atoms with Crippen LogP contribution in [-0.4, -0.2) is 23.6 Å². The lowest BCUT2D eigenvalue weighted by Gasteiger charge is -2.10. The van der Waals surface area contributed by atoms with Crippen molar-refractivity contribution in [1.82, 2.24) is 15.2 Å². The Morgan fingerprint density at radius 3 is 2.47 bits per heavy atom. The van der Waals surface area contributed by atoms with E-state index in [1.165, 1.54) is 0 Å². The molecule has 0 atom stereocenters. The van der Waals surface area contributed by atoms with Gasteiger partial charge in [-0.2, -0.15) is 0 Å². The second-order valence-electron chi connectivity index (χ2n) is 3.96. The number of nitrogens with one attached hydrogen (secondary N) is 2. The third-order valence-corrected chi connectivity index (χ3v) is 3.34. The number of halogens is 3. The van der Waals surface area contributed by atoms with Gasteiger partial charge in [-0.15, -0.1) is 24.0 Å². The van der Waals surface area contributed by atoms with Crippen molar-refractivity contribution in [3.05, 3.63) is 21.9 Å². The molecule has 0 spiro atoms. The molecular formula is C12H21Cl2IN4. The number of hydrogen-bond acceptors (Lipinski definition) is 1. The molecule has 0 fully saturated rings. The van der Waals surface area contributed by atoms with E-state index in [4.69, 9.17) is 23.2 Å². The highest BCUT2D eigenvalue weighted by atomic mass is 127. The number of guanidine groups is 1. The van der Waals surface area contributed by atoms with Gasteiger partial charge in [0, 0.05) is 25.8 Å². The molecule has 0 aromatic carbocycles. The summed E-state index contributed by atoms with van der Waals surface area (Å²) in [5, 5.41) is 7.55. The second-order valence-corrected chi connectivity index (χ2v) is 4.72. The first-order valence-electron chi connectivity index (χ1n) is 6.11. The molecule has 19 heavy (non-hydrogen) atoms. The Kier molecular flexibility index (Phi) is 9.64. The molecule has 0 saturated heterocycles. The molecule has 0 saturated carbocycles. The number of hydrogen-bond donors (Lipinski definition) is 2. The van der Waals surface area contributed by atoms with E-state index in [0.29, 0.717) is 16.7 Å². The standard InChI is InChI=1S/C12H20Cl2N4.HI/c1-4-6-16-12(15-5-2)17-8-9-7-10(13)11(14)18(9)3;/h7H,4-6,8H2,1-3H3,(H2,15,16,17);1H. The maximum Gasteiger partial charge on any atom is 0.191 e. The normalized spacial score (nSPS) is 11.1. The van der Waals surface area contributed by atoms with Crippen molar-refractivity contribution in [2.24, 2.45) is 12.0 Å². The van der Waals surface area contributed by atoms with E-state index in [9.17, 15) is 0 Å². The number of rotatable bonds is 5. The summed E-state index contributed by atoms with van der Waals surface area (Å²) in [5.74, 6) is 0.813. The summed E-state index contributed by atoms with van der Waals surface area (Å²) in [4.78, 5) is 4.49. The summed E-state index contributed by atoms with van der Waals surface area (Å²) in [5.41, 5.74) is 0.985. The fourth-order valence-corrected chi connectivity index (χ4v) is 1.90. The molecular weight excluding hydrogens is 398 g/mol. The van der Waals surface area contributed by atoms with Crippen molar-refractivity contribution in [3.8, 4) is 0 Å². The zero-order chi connectivity index (χ0) is 13.5. The van der Waals surface area contributed by atoms with Gasteiger partial charge < -0.3 is 15.2 Å². The molecule has 1 heterocycles. The Bertz CT molecular complexity index is 418. The van der Waals surface area contributed by atoms with Gasteiger partial charge in [0.1, 0.15) is 5.15 Å². The van der Waals surface area contributed by atoms with Gasteiger partial charge in [-0.05, 0) is 19.4 Å². The number of aliphatic imine (C=N–C) groups is 1. The average Bonchev–Trinajstić information content (AvgIpc) is 2.60. The lowest BCUT2D eigenvalue weighted by molar-refractivity contribution is 0.771. The summed E-state index contributed by atoms with van der Waals surface area (Å²) < 4.78 is 1.84. The highest BCUT2D eigenvalue weighted by molar-refractivity contribution is 14.0. The lowest BCUT2D eigenvalue weighted by Crippen LogP contribution is -2.37. The van der Waals surface area contributed by atoms with Crippen LogP contribution in [0.4, 0.5) is 0 Å². The number of aromatic nitrogens is 1. The van der Waals surface area contributed by atoms with Crippen molar-refractivity contribution in [2.45, 2.75) is 26.8 Å². The predicted molar refractivity (Wildman–Crippen MR) is 94.0 cm³/mol. The Morgan fingerprint density at radius 2 is 2.00 bits per heavy atom. The minimum Gasteiger partial charge on any atom is -0.357 e. The molecule has 0 bridgehead atoms. The van der Waals surface area contributed by atoms with Crippen molar-refractivity contribution >= 4 is 53.1 Å². The topological polar surface area (TPSA) is 41.4 Å². The maximum absolute atomic E-state index is 6.01. The summed E-state index contributed by atoms with van der Waals surface area (Å²) in [7, 11) is 1.88. The molecule has 110 valence electrons. The molecule has 0 radical (unpaired) electrons. The SMILES string of the molecule is CCCNC(=NCc1cc(Cl)c(Cl)n1C)NCC.I. The third kappa shape index (κ3) is 5.79. The van der Waals surface area contributed by atoms with E-state index in [-0.39, 0.29) is 24.0 Å². The molecule has 0 aliphatic rings. The van der Waals surface area contributed by atoms with Crippen LogP contribution in [-0.2, 0) is 13.6 Å². The predicted octanol–water partition coefficient (Wildman–Crippen LogP) is 3.42. The fraction of sp³-hybridized carbons (Fsp3) is 0.583. The summed E-state index contributed by atoms with van der Waals surface area (Å²) in [6, 6.07) is 1.84. The Hall–Kier alpha value is -0.140. The first-order chi connectivity index (χ1) is 8.60. The van der Waals surface area contributed by atoms with Crippen LogP contribution in [0.3, 0.4) is 0 Å². The molecule has 0 amide bonds. The van der Waals surface area contributed by atoms with E-state index in [1.54, 1.807) is 0 Å². The van der Waals surface area contributed by atoms with Crippen LogP contribution in [0, 0.1) is 0 Å². The van der Waals surface area contributed by atoms with E-state index in [2.05, 4.69) is 22.5 Å². The van der Waals surface area contributed by atoms with Gasteiger partial charge in [0.2, 0.25) is 0 Å². The van der Waals surface area contributed by atoms with Gasteiger partial charge in [-0.25, -0.2) is 4.99 Å². The van der Waals surface area contributed by atoms with E-state index in [0.717, 1.165) is 31.2 Å². The van der Waals surface area contributed by atoms with Crippen LogP contribution >= 0.6 is 47.2 Å². The Morgan fingerprint density at radius 1 is 1.32 bits per heavy atom. The third-order valence-electron chi connectivity index (χ3n) is 2.50. The van der Waals surface area contributed by atoms with Crippen molar-refractivity contribution in [3.63, 3.8) is 0 Å². The fourth-order valence-electron chi connectivity index (χ4n) is 1.49. The first-order valence-corrected chi connectivity index (χ1v) is 6.87. The van der Waals surface area contributed by atoms with Gasteiger partial charge in [0.15, 0.2) is 5.96 Å². The van der Waals surface area contributed by atoms with Crippen LogP contribution in [0.15, 0.2) is 11.1 Å². The quantitative estimate of drug-likeness (QED) is 0.437. The molecule has 2 N–H and O–H groups in total. The minimum absolute atomic E-state index is 0. The largest absolute Gasteiger partial charge is 0.357 e. The highest BCUT2D eigenvalue weighted by Gasteiger charge is 2.08. The van der Waals surface area contributed by atoms with Crippen LogP contribution < -0.4 is 10.6 Å². The van der Waals surface area contributed by atoms with Crippen LogP contribution in [0.1, 0.15) is 26.0 Å². The molecule has 1 aromatic heterocycles. The first kappa shape index (κ1) is 18.9. The van der Waals surface area contributed by atoms with Gasteiger partial charge in [-0.3, -0.25) is 0 Å². The molecule has 7 heteroatoms. The molecule has 0 aliphatic heterocycles. The van der Waals surface area contributed by atoms with Gasteiger partial charge >= 0.3 is 0 Å². The van der Waals surface area contributed by atoms with Crippen molar-refractivity contribution in [1.29, 1.82) is 0 Å². The minimum atomic E-state index is 0. The van der Waals surface area contributed by atoms with E-state index >= 15 is 0 Å². The molecule has 1 rings (SSSR count). The lowest BCUT2D eigenvalue weighted by atomic mass is 10.4. The maximum atomic E-state index is 6.01. The van der Waals surface area contributed by atoms with Gasteiger partial charge in [0.25, 0.3) is 0 Å². The molecule has 4 nitrogen and oxygen atoms in total. The monoisotopic (exact) mass is 418 g/mol. The molecule has 0 unspecified atom stereocenters.